The van der Waals surface area contributed by atoms with Gasteiger partial charge in [-0.05, 0) is 42.3 Å². The second-order valence-corrected chi connectivity index (χ2v) is 6.34. The normalized spacial score (nSPS) is 11.5. The number of alkyl halides is 2. The molecule has 2 aromatic rings. The second kappa shape index (κ2) is 10.7. The van der Waals surface area contributed by atoms with Gasteiger partial charge in [-0.3, -0.25) is 9.59 Å². The molecule has 0 aliphatic heterocycles. The number of benzene rings is 2. The Labute approximate surface area is 171 Å². The van der Waals surface area contributed by atoms with E-state index in [2.05, 4.69) is 20.7 Å². The number of amides is 4. The standard InChI is InChI=1S/C20H22F2N4O4/c1-12(14-6-8-16(9-7-14)30-19(21)22)26-20(29)25-10-13-2-4-15(5-3-13)18(28)24-11-17(23)27/h2-9,12,19H,10-11H2,1H3,(H2,23,27)(H,24,28)(H2,25,26,29)/t12-/m1/s1. The summed E-state index contributed by atoms with van der Waals surface area (Å²) < 4.78 is 28.6. The summed E-state index contributed by atoms with van der Waals surface area (Å²) in [7, 11) is 0. The lowest BCUT2D eigenvalue weighted by molar-refractivity contribution is -0.117. The summed E-state index contributed by atoms with van der Waals surface area (Å²) in [6, 6.07) is 11.7. The van der Waals surface area contributed by atoms with E-state index in [1.165, 1.54) is 12.1 Å². The predicted molar refractivity (Wildman–Crippen MR) is 105 cm³/mol. The number of nitrogens with one attached hydrogen (secondary N) is 3. The number of carbonyl (C=O) groups is 3. The van der Waals surface area contributed by atoms with Crippen molar-refractivity contribution in [1.29, 1.82) is 0 Å². The van der Waals surface area contributed by atoms with E-state index >= 15 is 0 Å². The second-order valence-electron chi connectivity index (χ2n) is 6.34. The zero-order valence-corrected chi connectivity index (χ0v) is 16.2. The molecule has 4 amide bonds. The van der Waals surface area contributed by atoms with Crippen LogP contribution in [0, 0.1) is 0 Å². The van der Waals surface area contributed by atoms with Crippen molar-refractivity contribution in [3.8, 4) is 5.75 Å². The molecule has 160 valence electrons. The van der Waals surface area contributed by atoms with Crippen molar-refractivity contribution in [2.24, 2.45) is 5.73 Å². The van der Waals surface area contributed by atoms with Crippen LogP contribution in [0.15, 0.2) is 48.5 Å². The van der Waals surface area contributed by atoms with Gasteiger partial charge in [-0.15, -0.1) is 0 Å². The number of nitrogens with two attached hydrogens (primary N) is 1. The Morgan fingerprint density at radius 2 is 1.63 bits per heavy atom. The molecule has 0 radical (unpaired) electrons. The topological polar surface area (TPSA) is 123 Å². The van der Waals surface area contributed by atoms with Crippen LogP contribution < -0.4 is 26.4 Å². The molecule has 1 atom stereocenters. The molecular weight excluding hydrogens is 398 g/mol. The van der Waals surface area contributed by atoms with E-state index in [0.29, 0.717) is 5.56 Å². The zero-order chi connectivity index (χ0) is 22.1. The zero-order valence-electron chi connectivity index (χ0n) is 16.2. The van der Waals surface area contributed by atoms with E-state index < -0.39 is 24.5 Å². The molecule has 10 heteroatoms. The van der Waals surface area contributed by atoms with Crippen LogP contribution >= 0.6 is 0 Å². The summed E-state index contributed by atoms with van der Waals surface area (Å²) in [6.45, 7) is -1.16. The number of ether oxygens (including phenoxy) is 1. The van der Waals surface area contributed by atoms with E-state index in [4.69, 9.17) is 5.73 Å². The summed E-state index contributed by atoms with van der Waals surface area (Å²) >= 11 is 0. The Kier molecular flexibility index (Phi) is 8.09. The number of urea groups is 1. The van der Waals surface area contributed by atoms with Crippen LogP contribution in [0.5, 0.6) is 5.75 Å². The fourth-order valence-corrected chi connectivity index (χ4v) is 2.49. The Hall–Kier alpha value is -3.69. The van der Waals surface area contributed by atoms with Gasteiger partial charge in [0.05, 0.1) is 12.6 Å². The Balaban J connectivity index is 1.81. The highest BCUT2D eigenvalue weighted by Gasteiger charge is 2.11. The molecule has 0 saturated heterocycles. The van der Waals surface area contributed by atoms with E-state index in [9.17, 15) is 23.2 Å². The van der Waals surface area contributed by atoms with Crippen molar-refractivity contribution >= 4 is 17.8 Å². The van der Waals surface area contributed by atoms with Crippen LogP contribution in [0.2, 0.25) is 0 Å². The van der Waals surface area contributed by atoms with Gasteiger partial charge in [0.15, 0.2) is 0 Å². The van der Waals surface area contributed by atoms with Crippen LogP contribution in [0.3, 0.4) is 0 Å². The molecular formula is C20H22F2N4O4. The highest BCUT2D eigenvalue weighted by molar-refractivity contribution is 5.96. The average molecular weight is 420 g/mol. The number of hydrogen-bond donors (Lipinski definition) is 4. The smallest absolute Gasteiger partial charge is 0.387 e. The maximum atomic E-state index is 12.2. The molecule has 8 nitrogen and oxygen atoms in total. The molecule has 0 spiro atoms. The first kappa shape index (κ1) is 22.6. The monoisotopic (exact) mass is 420 g/mol. The van der Waals surface area contributed by atoms with E-state index in [0.717, 1.165) is 11.1 Å². The molecule has 0 fully saturated rings. The number of halogens is 2. The van der Waals surface area contributed by atoms with E-state index in [-0.39, 0.29) is 24.9 Å². The summed E-state index contributed by atoms with van der Waals surface area (Å²) in [5.74, 6) is -1.02. The number of hydrogen-bond acceptors (Lipinski definition) is 4. The van der Waals surface area contributed by atoms with Crippen molar-refractivity contribution in [2.75, 3.05) is 6.54 Å². The number of carbonyl (C=O) groups excluding carboxylic acids is 3. The highest BCUT2D eigenvalue weighted by atomic mass is 19.3. The Morgan fingerprint density at radius 1 is 1.00 bits per heavy atom. The first-order chi connectivity index (χ1) is 14.2. The van der Waals surface area contributed by atoms with Crippen molar-refractivity contribution in [2.45, 2.75) is 26.1 Å². The van der Waals surface area contributed by atoms with Gasteiger partial charge in [0.1, 0.15) is 5.75 Å². The Bertz CT molecular complexity index is 873. The molecule has 0 bridgehead atoms. The molecule has 0 heterocycles. The average Bonchev–Trinajstić information content (AvgIpc) is 2.71. The van der Waals surface area contributed by atoms with E-state index in [1.54, 1.807) is 43.3 Å². The quantitative estimate of drug-likeness (QED) is 0.496. The largest absolute Gasteiger partial charge is 0.435 e. The van der Waals surface area contributed by atoms with Crippen LogP contribution in [0.1, 0.15) is 34.5 Å². The van der Waals surface area contributed by atoms with Gasteiger partial charge >= 0.3 is 12.6 Å². The number of rotatable bonds is 9. The van der Waals surface area contributed by atoms with Crippen molar-refractivity contribution < 1.29 is 27.9 Å². The summed E-state index contributed by atoms with van der Waals surface area (Å²) in [6.07, 6.45) is 0. The summed E-state index contributed by atoms with van der Waals surface area (Å²) in [5.41, 5.74) is 6.81. The Morgan fingerprint density at radius 3 is 2.20 bits per heavy atom. The van der Waals surface area contributed by atoms with Gasteiger partial charge < -0.3 is 26.4 Å². The van der Waals surface area contributed by atoms with Crippen molar-refractivity contribution in [3.05, 3.63) is 65.2 Å². The summed E-state index contributed by atoms with van der Waals surface area (Å²) in [4.78, 5) is 34.6. The van der Waals surface area contributed by atoms with Gasteiger partial charge in [0, 0.05) is 12.1 Å². The lowest BCUT2D eigenvalue weighted by Gasteiger charge is -2.16. The third-order valence-corrected chi connectivity index (χ3v) is 4.05. The minimum Gasteiger partial charge on any atom is -0.435 e. The van der Waals surface area contributed by atoms with Gasteiger partial charge in [0.25, 0.3) is 5.91 Å². The lowest BCUT2D eigenvalue weighted by atomic mass is 10.1. The van der Waals surface area contributed by atoms with Crippen molar-refractivity contribution in [1.82, 2.24) is 16.0 Å². The first-order valence-electron chi connectivity index (χ1n) is 8.99. The van der Waals surface area contributed by atoms with Gasteiger partial charge in [-0.2, -0.15) is 8.78 Å². The minimum absolute atomic E-state index is 0.0390. The van der Waals surface area contributed by atoms with Gasteiger partial charge in [-0.25, -0.2) is 4.79 Å². The summed E-state index contributed by atoms with van der Waals surface area (Å²) in [5, 5.41) is 7.81. The maximum Gasteiger partial charge on any atom is 0.387 e. The van der Waals surface area contributed by atoms with Crippen LogP contribution in [-0.4, -0.2) is 31.0 Å². The predicted octanol–water partition coefficient (Wildman–Crippen LogP) is 2.06. The molecule has 5 N–H and O–H groups in total. The number of primary amides is 1. The fraction of sp³-hybridized carbons (Fsp3) is 0.250. The molecule has 0 aliphatic carbocycles. The van der Waals surface area contributed by atoms with Crippen LogP contribution in [0.25, 0.3) is 0 Å². The van der Waals surface area contributed by atoms with E-state index in [1.807, 2.05) is 0 Å². The molecule has 2 aromatic carbocycles. The van der Waals surface area contributed by atoms with Crippen LogP contribution in [0.4, 0.5) is 13.6 Å². The third kappa shape index (κ3) is 7.38. The van der Waals surface area contributed by atoms with Crippen LogP contribution in [-0.2, 0) is 11.3 Å². The lowest BCUT2D eigenvalue weighted by Crippen LogP contribution is -2.36. The van der Waals surface area contributed by atoms with Gasteiger partial charge in [0.2, 0.25) is 5.91 Å². The first-order valence-corrected chi connectivity index (χ1v) is 8.99. The minimum atomic E-state index is -2.89. The maximum absolute atomic E-state index is 12.2. The molecule has 30 heavy (non-hydrogen) atoms. The highest BCUT2D eigenvalue weighted by Crippen LogP contribution is 2.19. The fourth-order valence-electron chi connectivity index (χ4n) is 2.49. The molecule has 0 aromatic heterocycles. The molecule has 0 unspecified atom stereocenters. The molecule has 2 rings (SSSR count). The molecule has 0 aliphatic rings. The van der Waals surface area contributed by atoms with Crippen molar-refractivity contribution in [3.63, 3.8) is 0 Å². The molecule has 0 saturated carbocycles. The van der Waals surface area contributed by atoms with Gasteiger partial charge in [-0.1, -0.05) is 24.3 Å². The SMILES string of the molecule is C[C@@H](NC(=O)NCc1ccc(C(=O)NCC(N)=O)cc1)c1ccc(OC(F)F)cc1. The third-order valence-electron chi connectivity index (χ3n) is 4.05.